The first kappa shape index (κ1) is 12.0. The fourth-order valence-electron chi connectivity index (χ4n) is 2.02. The van der Waals surface area contributed by atoms with Crippen molar-refractivity contribution in [3.63, 3.8) is 0 Å². The number of hydrogen-bond acceptors (Lipinski definition) is 3. The van der Waals surface area contributed by atoms with Gasteiger partial charge in [0.2, 0.25) is 0 Å². The average Bonchev–Trinajstić information content (AvgIpc) is 2.76. The van der Waals surface area contributed by atoms with E-state index in [1.165, 1.54) is 35.3 Å². The van der Waals surface area contributed by atoms with Gasteiger partial charge in [-0.05, 0) is 42.5 Å². The van der Waals surface area contributed by atoms with Gasteiger partial charge in [-0.25, -0.2) is 0 Å². The molecule has 0 atom stereocenters. The van der Waals surface area contributed by atoms with E-state index >= 15 is 0 Å². The molecule has 0 bridgehead atoms. The van der Waals surface area contributed by atoms with Gasteiger partial charge in [-0.3, -0.25) is 0 Å². The fourth-order valence-corrected chi connectivity index (χ4v) is 2.85. The molecule has 1 aromatic rings. The molecule has 16 heavy (non-hydrogen) atoms. The van der Waals surface area contributed by atoms with Crippen LogP contribution in [-0.2, 0) is 17.6 Å². The van der Waals surface area contributed by atoms with Crippen molar-refractivity contribution in [2.45, 2.75) is 24.2 Å². The van der Waals surface area contributed by atoms with Crippen LogP contribution in [-0.4, -0.2) is 30.7 Å². The summed E-state index contributed by atoms with van der Waals surface area (Å²) in [5.74, 6) is 0.957. The SMILES string of the molecule is OCCOCCSc1ccc2c(c1)CCC2. The summed E-state index contributed by atoms with van der Waals surface area (Å²) < 4.78 is 5.23. The van der Waals surface area contributed by atoms with E-state index < -0.39 is 0 Å². The standard InChI is InChI=1S/C13H18O2S/c14-6-7-15-8-9-16-13-5-4-11-2-1-3-12(11)10-13/h4-5,10,14H,1-3,6-9H2. The Labute approximate surface area is 101 Å². The quantitative estimate of drug-likeness (QED) is 0.609. The molecule has 3 heteroatoms. The minimum atomic E-state index is 0.115. The number of aryl methyl sites for hydroxylation is 2. The number of aliphatic hydroxyl groups is 1. The molecule has 0 radical (unpaired) electrons. The Morgan fingerprint density at radius 3 is 2.94 bits per heavy atom. The van der Waals surface area contributed by atoms with Gasteiger partial charge in [0.15, 0.2) is 0 Å². The van der Waals surface area contributed by atoms with Crippen molar-refractivity contribution in [3.05, 3.63) is 29.3 Å². The third-order valence-electron chi connectivity index (χ3n) is 2.80. The van der Waals surface area contributed by atoms with Crippen LogP contribution in [0.3, 0.4) is 0 Å². The van der Waals surface area contributed by atoms with Gasteiger partial charge in [0.25, 0.3) is 0 Å². The predicted molar refractivity (Wildman–Crippen MR) is 67.1 cm³/mol. The van der Waals surface area contributed by atoms with Crippen LogP contribution in [0, 0.1) is 0 Å². The van der Waals surface area contributed by atoms with Gasteiger partial charge in [0.1, 0.15) is 0 Å². The van der Waals surface area contributed by atoms with Gasteiger partial charge >= 0.3 is 0 Å². The van der Waals surface area contributed by atoms with E-state index in [1.807, 2.05) is 11.8 Å². The fraction of sp³-hybridized carbons (Fsp3) is 0.538. The normalized spacial score (nSPS) is 14.1. The van der Waals surface area contributed by atoms with E-state index in [4.69, 9.17) is 9.84 Å². The maximum absolute atomic E-state index is 8.56. The van der Waals surface area contributed by atoms with Crippen LogP contribution in [0.4, 0.5) is 0 Å². The van der Waals surface area contributed by atoms with E-state index in [-0.39, 0.29) is 6.61 Å². The molecule has 0 spiro atoms. The highest BCUT2D eigenvalue weighted by Gasteiger charge is 2.10. The molecule has 0 heterocycles. The van der Waals surface area contributed by atoms with E-state index in [0.29, 0.717) is 13.2 Å². The number of benzene rings is 1. The third-order valence-corrected chi connectivity index (χ3v) is 3.76. The van der Waals surface area contributed by atoms with Crippen LogP contribution in [0.1, 0.15) is 17.5 Å². The lowest BCUT2D eigenvalue weighted by Gasteiger charge is -2.05. The number of ether oxygens (including phenoxy) is 1. The number of thioether (sulfide) groups is 1. The molecular formula is C13H18O2S. The average molecular weight is 238 g/mol. The van der Waals surface area contributed by atoms with Gasteiger partial charge in [-0.1, -0.05) is 6.07 Å². The molecule has 1 aromatic carbocycles. The Balaban J connectivity index is 1.77. The summed E-state index contributed by atoms with van der Waals surface area (Å²) in [4.78, 5) is 1.34. The van der Waals surface area contributed by atoms with Crippen LogP contribution in [0.2, 0.25) is 0 Å². The summed E-state index contributed by atoms with van der Waals surface area (Å²) >= 11 is 1.83. The minimum absolute atomic E-state index is 0.115. The van der Waals surface area contributed by atoms with Gasteiger partial charge in [-0.2, -0.15) is 0 Å². The van der Waals surface area contributed by atoms with E-state index in [9.17, 15) is 0 Å². The molecular weight excluding hydrogens is 220 g/mol. The van der Waals surface area contributed by atoms with Crippen molar-refractivity contribution in [2.24, 2.45) is 0 Å². The van der Waals surface area contributed by atoms with E-state index in [2.05, 4.69) is 18.2 Å². The zero-order chi connectivity index (χ0) is 11.2. The largest absolute Gasteiger partial charge is 0.394 e. The van der Waals surface area contributed by atoms with Gasteiger partial charge in [-0.15, -0.1) is 11.8 Å². The van der Waals surface area contributed by atoms with Gasteiger partial charge < -0.3 is 9.84 Å². The number of hydrogen-bond donors (Lipinski definition) is 1. The highest BCUT2D eigenvalue weighted by Crippen LogP contribution is 2.27. The number of fused-ring (bicyclic) bond motifs is 1. The molecule has 2 nitrogen and oxygen atoms in total. The van der Waals surface area contributed by atoms with Crippen molar-refractivity contribution < 1.29 is 9.84 Å². The van der Waals surface area contributed by atoms with Crippen LogP contribution in [0.15, 0.2) is 23.1 Å². The topological polar surface area (TPSA) is 29.5 Å². The summed E-state index contributed by atoms with van der Waals surface area (Å²) in [5.41, 5.74) is 3.06. The highest BCUT2D eigenvalue weighted by molar-refractivity contribution is 7.99. The van der Waals surface area contributed by atoms with Gasteiger partial charge in [0, 0.05) is 10.6 Å². The molecule has 2 rings (SSSR count). The maximum atomic E-state index is 8.56. The Kier molecular flexibility index (Phi) is 4.69. The molecule has 1 aliphatic carbocycles. The van der Waals surface area contributed by atoms with Crippen molar-refractivity contribution in [3.8, 4) is 0 Å². The first-order valence-corrected chi connectivity index (χ1v) is 6.82. The molecule has 0 saturated carbocycles. The highest BCUT2D eigenvalue weighted by atomic mass is 32.2. The minimum Gasteiger partial charge on any atom is -0.394 e. The second-order valence-corrected chi connectivity index (χ2v) is 5.14. The molecule has 0 unspecified atom stereocenters. The first-order chi connectivity index (χ1) is 7.90. The lowest BCUT2D eigenvalue weighted by Crippen LogP contribution is -2.02. The van der Waals surface area contributed by atoms with Crippen molar-refractivity contribution in [1.82, 2.24) is 0 Å². The zero-order valence-corrected chi connectivity index (χ0v) is 10.3. The van der Waals surface area contributed by atoms with Crippen molar-refractivity contribution >= 4 is 11.8 Å². The van der Waals surface area contributed by atoms with Crippen molar-refractivity contribution in [1.29, 1.82) is 0 Å². The summed E-state index contributed by atoms with van der Waals surface area (Å²) in [6.45, 7) is 1.27. The molecule has 0 fully saturated rings. The smallest absolute Gasteiger partial charge is 0.0698 e. The third kappa shape index (κ3) is 3.24. The van der Waals surface area contributed by atoms with E-state index in [0.717, 1.165) is 5.75 Å². The maximum Gasteiger partial charge on any atom is 0.0698 e. The van der Waals surface area contributed by atoms with Crippen molar-refractivity contribution in [2.75, 3.05) is 25.6 Å². The number of rotatable bonds is 6. The first-order valence-electron chi connectivity index (χ1n) is 5.83. The predicted octanol–water partition coefficient (Wildman–Crippen LogP) is 2.28. The molecule has 0 amide bonds. The molecule has 0 aromatic heterocycles. The second kappa shape index (κ2) is 6.28. The van der Waals surface area contributed by atoms with Gasteiger partial charge in [0.05, 0.1) is 19.8 Å². The zero-order valence-electron chi connectivity index (χ0n) is 9.45. The summed E-state index contributed by atoms with van der Waals surface area (Å²) in [5, 5.41) is 8.56. The van der Waals surface area contributed by atoms with E-state index in [1.54, 1.807) is 0 Å². The Morgan fingerprint density at radius 1 is 1.19 bits per heavy atom. The Hall–Kier alpha value is -0.510. The monoisotopic (exact) mass is 238 g/mol. The Bertz CT molecular complexity index is 339. The summed E-state index contributed by atoms with van der Waals surface area (Å²) in [7, 11) is 0. The van der Waals surface area contributed by atoms with Crippen LogP contribution in [0.5, 0.6) is 0 Å². The molecule has 0 aliphatic heterocycles. The Morgan fingerprint density at radius 2 is 2.06 bits per heavy atom. The summed E-state index contributed by atoms with van der Waals surface area (Å²) in [6.07, 6.45) is 3.80. The second-order valence-electron chi connectivity index (χ2n) is 3.97. The lowest BCUT2D eigenvalue weighted by molar-refractivity contribution is 0.103. The van der Waals surface area contributed by atoms with Crippen LogP contribution >= 0.6 is 11.8 Å². The molecule has 0 saturated heterocycles. The van der Waals surface area contributed by atoms with Crippen LogP contribution < -0.4 is 0 Å². The molecule has 1 N–H and O–H groups in total. The number of aliphatic hydroxyl groups excluding tert-OH is 1. The molecule has 88 valence electrons. The molecule has 1 aliphatic rings. The summed E-state index contributed by atoms with van der Waals surface area (Å²) in [6, 6.07) is 6.79. The lowest BCUT2D eigenvalue weighted by atomic mass is 10.1. The van der Waals surface area contributed by atoms with Crippen LogP contribution in [0.25, 0.3) is 0 Å².